The van der Waals surface area contributed by atoms with Gasteiger partial charge in [-0.1, -0.05) is 34.8 Å². The maximum absolute atomic E-state index is 12.0. The molecule has 0 atom stereocenters. The molecule has 1 aliphatic rings. The summed E-state index contributed by atoms with van der Waals surface area (Å²) in [6.45, 7) is 0. The Morgan fingerprint density at radius 2 is 1.67 bits per heavy atom. The van der Waals surface area contributed by atoms with Gasteiger partial charge in [0, 0.05) is 13.2 Å². The molecule has 0 N–H and O–H groups in total. The standard InChI is InChI=1S/C10H4Cl3NO2S2/c1-14-2-3(18-10(14)17)4-5(11)9(16)7(13)6(12)8(4)15/h2H,1H3. The molecule has 18 heavy (non-hydrogen) atoms. The molecule has 0 saturated carbocycles. The van der Waals surface area contributed by atoms with Crippen LogP contribution in [-0.4, -0.2) is 16.1 Å². The maximum Gasteiger partial charge on any atom is 0.218 e. The summed E-state index contributed by atoms with van der Waals surface area (Å²) >= 11 is 23.5. The summed E-state index contributed by atoms with van der Waals surface area (Å²) in [5, 5.41) is -0.899. The van der Waals surface area contributed by atoms with E-state index in [1.807, 2.05) is 0 Å². The van der Waals surface area contributed by atoms with E-state index < -0.39 is 11.6 Å². The molecular weight excluding hydrogens is 337 g/mol. The zero-order chi connectivity index (χ0) is 13.6. The molecule has 1 aromatic heterocycles. The van der Waals surface area contributed by atoms with E-state index in [-0.39, 0.29) is 20.7 Å². The predicted molar refractivity (Wildman–Crippen MR) is 75.6 cm³/mol. The number of thiazole rings is 1. The Balaban J connectivity index is 2.67. The summed E-state index contributed by atoms with van der Waals surface area (Å²) in [4.78, 5) is 24.2. The summed E-state index contributed by atoms with van der Waals surface area (Å²) in [6.07, 6.45) is 1.62. The molecule has 0 spiro atoms. The lowest BCUT2D eigenvalue weighted by molar-refractivity contribution is -0.114. The molecule has 1 heterocycles. The third-order valence-electron chi connectivity index (χ3n) is 2.28. The second-order valence-corrected chi connectivity index (χ2v) is 6.26. The van der Waals surface area contributed by atoms with Crippen molar-refractivity contribution >= 4 is 75.5 Å². The first-order chi connectivity index (χ1) is 8.34. The average molecular weight is 341 g/mol. The van der Waals surface area contributed by atoms with Gasteiger partial charge < -0.3 is 4.57 Å². The van der Waals surface area contributed by atoms with Crippen molar-refractivity contribution in [3.05, 3.63) is 30.1 Å². The normalized spacial score (nSPS) is 16.9. The zero-order valence-electron chi connectivity index (χ0n) is 8.79. The Kier molecular flexibility index (Phi) is 3.80. The predicted octanol–water partition coefficient (Wildman–Crippen LogP) is 3.61. The number of hydrogen-bond acceptors (Lipinski definition) is 4. The van der Waals surface area contributed by atoms with Gasteiger partial charge in [0.2, 0.25) is 11.6 Å². The van der Waals surface area contributed by atoms with Crippen LogP contribution in [0.1, 0.15) is 4.88 Å². The number of carbonyl (C=O) groups excluding carboxylic acids is 2. The minimum atomic E-state index is -0.653. The van der Waals surface area contributed by atoms with Crippen LogP contribution in [-0.2, 0) is 16.6 Å². The Labute approximate surface area is 126 Å². The summed E-state index contributed by atoms with van der Waals surface area (Å²) in [7, 11) is 1.73. The Bertz CT molecular complexity index is 696. The quantitative estimate of drug-likeness (QED) is 0.579. The summed E-state index contributed by atoms with van der Waals surface area (Å²) < 4.78 is 2.21. The molecule has 0 fully saturated rings. The van der Waals surface area contributed by atoms with Crippen LogP contribution in [0.25, 0.3) is 5.57 Å². The van der Waals surface area contributed by atoms with Crippen molar-refractivity contribution in [3.8, 4) is 0 Å². The van der Waals surface area contributed by atoms with E-state index in [2.05, 4.69) is 0 Å². The highest BCUT2D eigenvalue weighted by molar-refractivity contribution is 7.73. The van der Waals surface area contributed by atoms with Crippen LogP contribution in [0.4, 0.5) is 0 Å². The van der Waals surface area contributed by atoms with E-state index in [0.717, 1.165) is 0 Å². The van der Waals surface area contributed by atoms with Gasteiger partial charge in [0.1, 0.15) is 15.1 Å². The molecule has 0 aromatic carbocycles. The number of aryl methyl sites for hydroxylation is 1. The van der Waals surface area contributed by atoms with Gasteiger partial charge in [0.15, 0.2) is 3.95 Å². The van der Waals surface area contributed by atoms with Crippen molar-refractivity contribution in [1.29, 1.82) is 0 Å². The number of rotatable bonds is 1. The number of carbonyl (C=O) groups is 2. The molecule has 3 nitrogen and oxygen atoms in total. The Morgan fingerprint density at radius 3 is 2.17 bits per heavy atom. The molecule has 0 radical (unpaired) electrons. The minimum Gasteiger partial charge on any atom is -0.333 e. The summed E-state index contributed by atoms with van der Waals surface area (Å²) in [5.41, 5.74) is 0.0489. The highest BCUT2D eigenvalue weighted by Gasteiger charge is 2.33. The monoisotopic (exact) mass is 339 g/mol. The van der Waals surface area contributed by atoms with E-state index in [9.17, 15) is 9.59 Å². The first kappa shape index (κ1) is 14.0. The van der Waals surface area contributed by atoms with Crippen molar-refractivity contribution in [2.75, 3.05) is 0 Å². The van der Waals surface area contributed by atoms with Gasteiger partial charge in [-0.25, -0.2) is 0 Å². The van der Waals surface area contributed by atoms with Gasteiger partial charge in [-0.3, -0.25) is 9.59 Å². The molecule has 0 unspecified atom stereocenters. The maximum atomic E-state index is 12.0. The zero-order valence-corrected chi connectivity index (χ0v) is 12.7. The number of halogens is 3. The van der Waals surface area contributed by atoms with Crippen LogP contribution < -0.4 is 0 Å². The molecule has 0 bridgehead atoms. The van der Waals surface area contributed by atoms with Crippen molar-refractivity contribution < 1.29 is 9.59 Å². The smallest absolute Gasteiger partial charge is 0.218 e. The van der Waals surface area contributed by atoms with Crippen LogP contribution in [0.15, 0.2) is 21.3 Å². The van der Waals surface area contributed by atoms with Crippen molar-refractivity contribution in [3.63, 3.8) is 0 Å². The fraction of sp³-hybridized carbons (Fsp3) is 0.100. The number of hydrogen-bond donors (Lipinski definition) is 0. The molecule has 0 saturated heterocycles. The van der Waals surface area contributed by atoms with Crippen LogP contribution in [0, 0.1) is 3.95 Å². The van der Waals surface area contributed by atoms with Gasteiger partial charge in [0.05, 0.1) is 10.5 Å². The lowest BCUT2D eigenvalue weighted by Crippen LogP contribution is -2.16. The first-order valence-corrected chi connectivity index (χ1v) is 6.91. The number of Topliss-reactive ketones (excluding diaryl/α,β-unsaturated/α-hetero) is 2. The minimum absolute atomic E-state index is 0.0489. The number of ketones is 2. The topological polar surface area (TPSA) is 39.1 Å². The van der Waals surface area contributed by atoms with Gasteiger partial charge in [-0.2, -0.15) is 0 Å². The Hall–Kier alpha value is -0.460. The van der Waals surface area contributed by atoms with Crippen LogP contribution in [0.3, 0.4) is 0 Å². The average Bonchev–Trinajstić information content (AvgIpc) is 2.64. The van der Waals surface area contributed by atoms with Crippen LogP contribution in [0.5, 0.6) is 0 Å². The lowest BCUT2D eigenvalue weighted by Gasteiger charge is -2.12. The number of nitrogens with zero attached hydrogens (tertiary/aromatic N) is 1. The second-order valence-electron chi connectivity index (χ2n) is 3.45. The van der Waals surface area contributed by atoms with Gasteiger partial charge in [0.25, 0.3) is 0 Å². The van der Waals surface area contributed by atoms with Crippen LogP contribution in [0.2, 0.25) is 0 Å². The highest BCUT2D eigenvalue weighted by Crippen LogP contribution is 2.37. The molecule has 94 valence electrons. The Morgan fingerprint density at radius 1 is 1.11 bits per heavy atom. The van der Waals surface area contributed by atoms with Gasteiger partial charge >= 0.3 is 0 Å². The van der Waals surface area contributed by atoms with Crippen molar-refractivity contribution in [2.45, 2.75) is 0 Å². The van der Waals surface area contributed by atoms with E-state index in [1.165, 1.54) is 11.3 Å². The van der Waals surface area contributed by atoms with Gasteiger partial charge in [-0.05, 0) is 12.2 Å². The highest BCUT2D eigenvalue weighted by atomic mass is 35.5. The summed E-state index contributed by atoms with van der Waals surface area (Å²) in [6, 6.07) is 0. The molecule has 0 aliphatic heterocycles. The third kappa shape index (κ3) is 2.10. The van der Waals surface area contributed by atoms with Crippen molar-refractivity contribution in [1.82, 2.24) is 4.57 Å². The second kappa shape index (κ2) is 4.90. The van der Waals surface area contributed by atoms with Gasteiger partial charge in [-0.15, -0.1) is 11.3 Å². The SMILES string of the molecule is Cn1cc(C2=C(Cl)C(=O)C(Cl)=C(Cl)C2=O)sc1=S. The largest absolute Gasteiger partial charge is 0.333 e. The molecule has 2 rings (SSSR count). The van der Waals surface area contributed by atoms with Crippen molar-refractivity contribution in [2.24, 2.45) is 7.05 Å². The molecular formula is C10H4Cl3NO2S2. The molecule has 1 aliphatic carbocycles. The van der Waals surface area contributed by atoms with E-state index in [0.29, 0.717) is 8.83 Å². The lowest BCUT2D eigenvalue weighted by atomic mass is 10.0. The number of aromatic nitrogens is 1. The van der Waals surface area contributed by atoms with E-state index in [4.69, 9.17) is 47.0 Å². The molecule has 1 aromatic rings. The summed E-state index contributed by atoms with van der Waals surface area (Å²) in [5.74, 6) is -1.22. The fourth-order valence-corrected chi connectivity index (χ4v) is 3.34. The molecule has 0 amide bonds. The number of allylic oxidation sites excluding steroid dienone is 4. The van der Waals surface area contributed by atoms with E-state index >= 15 is 0 Å². The first-order valence-electron chi connectivity index (χ1n) is 4.56. The fourth-order valence-electron chi connectivity index (χ4n) is 1.38. The third-order valence-corrected chi connectivity index (χ3v) is 4.99. The van der Waals surface area contributed by atoms with E-state index in [1.54, 1.807) is 17.8 Å². The van der Waals surface area contributed by atoms with Crippen LogP contribution >= 0.6 is 58.4 Å². The molecule has 8 heteroatoms.